The van der Waals surface area contributed by atoms with Crippen LogP contribution >= 0.6 is 11.8 Å². The van der Waals surface area contributed by atoms with E-state index >= 15 is 0 Å². The molecule has 2 heterocycles. The van der Waals surface area contributed by atoms with E-state index in [-0.39, 0.29) is 5.91 Å². The van der Waals surface area contributed by atoms with Gasteiger partial charge in [0.2, 0.25) is 0 Å². The lowest BCUT2D eigenvalue weighted by Crippen LogP contribution is -2.61. The Kier molecular flexibility index (Phi) is 5.32. The number of carbonyl (C=O) groups is 1. The van der Waals surface area contributed by atoms with E-state index in [1.54, 1.807) is 11.8 Å². The van der Waals surface area contributed by atoms with Crippen LogP contribution in [0.2, 0.25) is 0 Å². The van der Waals surface area contributed by atoms with Gasteiger partial charge in [-0.05, 0) is 67.6 Å². The van der Waals surface area contributed by atoms with Crippen LogP contribution in [0.5, 0.6) is 0 Å². The second-order valence-electron chi connectivity index (χ2n) is 7.27. The van der Waals surface area contributed by atoms with E-state index in [1.807, 2.05) is 17.0 Å². The molecule has 0 saturated carbocycles. The third kappa shape index (κ3) is 3.67. The number of thioether (sulfide) groups is 1. The van der Waals surface area contributed by atoms with Crippen molar-refractivity contribution in [1.29, 1.82) is 0 Å². The first-order chi connectivity index (χ1) is 12.7. The summed E-state index contributed by atoms with van der Waals surface area (Å²) in [4.78, 5) is 18.5. The van der Waals surface area contributed by atoms with Gasteiger partial charge in [-0.15, -0.1) is 11.8 Å². The summed E-state index contributed by atoms with van der Waals surface area (Å²) in [6, 6.07) is 17.2. The molecule has 4 rings (SSSR count). The average molecular weight is 367 g/mol. The number of amides is 1. The molecular weight excluding hydrogens is 340 g/mol. The first-order valence-corrected chi connectivity index (χ1v) is 10.7. The van der Waals surface area contributed by atoms with Crippen molar-refractivity contribution in [2.75, 3.05) is 32.4 Å². The summed E-state index contributed by atoms with van der Waals surface area (Å²) in [5.74, 6) is 0.169. The van der Waals surface area contributed by atoms with E-state index in [4.69, 9.17) is 0 Å². The molecule has 136 valence electrons. The number of hydrogen-bond acceptors (Lipinski definition) is 3. The molecule has 2 aromatic rings. The largest absolute Gasteiger partial charge is 0.335 e. The van der Waals surface area contributed by atoms with Gasteiger partial charge in [0, 0.05) is 29.6 Å². The normalized spacial score (nSPS) is 18.6. The van der Waals surface area contributed by atoms with E-state index in [1.165, 1.54) is 42.8 Å². The fraction of sp³-hybridized carbons (Fsp3) is 0.409. The Morgan fingerprint density at radius 3 is 2.04 bits per heavy atom. The lowest BCUT2D eigenvalue weighted by atomic mass is 10.00. The number of piperidine rings is 1. The highest BCUT2D eigenvalue weighted by atomic mass is 32.2. The monoisotopic (exact) mass is 366 g/mol. The molecule has 0 spiro atoms. The Balaban J connectivity index is 1.37. The van der Waals surface area contributed by atoms with Gasteiger partial charge in [-0.25, -0.2) is 0 Å². The van der Waals surface area contributed by atoms with Crippen molar-refractivity contribution in [2.45, 2.75) is 30.2 Å². The molecule has 1 amide bonds. The van der Waals surface area contributed by atoms with Gasteiger partial charge in [0.25, 0.3) is 5.91 Å². The summed E-state index contributed by atoms with van der Waals surface area (Å²) >= 11 is 1.75. The molecule has 0 aliphatic carbocycles. The molecule has 2 aromatic carbocycles. The summed E-state index contributed by atoms with van der Waals surface area (Å²) < 4.78 is 0. The second kappa shape index (κ2) is 7.85. The molecule has 0 N–H and O–H groups in total. The predicted octanol–water partition coefficient (Wildman–Crippen LogP) is 4.39. The first kappa shape index (κ1) is 17.6. The summed E-state index contributed by atoms with van der Waals surface area (Å²) in [6.45, 7) is 4.18. The molecule has 0 unspecified atom stereocenters. The molecular formula is C22H26N2OS. The fourth-order valence-corrected chi connectivity index (χ4v) is 4.32. The van der Waals surface area contributed by atoms with E-state index < -0.39 is 0 Å². The quantitative estimate of drug-likeness (QED) is 0.750. The molecule has 4 heteroatoms. The Bertz CT molecular complexity index is 745. The molecule has 0 atom stereocenters. The standard InChI is InChI=1S/C22H26N2OS/c1-26-21-11-9-18(10-12-21)17-5-7-19(8-6-17)22(25)24-15-20(16-24)23-13-3-2-4-14-23/h5-12,20H,2-4,13-16H2,1H3. The van der Waals surface area contributed by atoms with E-state index in [9.17, 15) is 4.79 Å². The van der Waals surface area contributed by atoms with Gasteiger partial charge in [-0.1, -0.05) is 30.7 Å². The lowest BCUT2D eigenvalue weighted by molar-refractivity contribution is 0.0203. The molecule has 0 aromatic heterocycles. The van der Waals surface area contributed by atoms with Gasteiger partial charge in [0.1, 0.15) is 0 Å². The van der Waals surface area contributed by atoms with E-state index in [0.29, 0.717) is 6.04 Å². The number of benzene rings is 2. The zero-order valence-corrected chi connectivity index (χ0v) is 16.2. The van der Waals surface area contributed by atoms with Crippen LogP contribution in [0.3, 0.4) is 0 Å². The van der Waals surface area contributed by atoms with Crippen molar-refractivity contribution in [3.05, 3.63) is 54.1 Å². The second-order valence-corrected chi connectivity index (χ2v) is 8.15. The third-order valence-corrected chi connectivity index (χ3v) is 6.36. The van der Waals surface area contributed by atoms with Crippen LogP contribution < -0.4 is 0 Å². The zero-order valence-electron chi connectivity index (χ0n) is 15.4. The first-order valence-electron chi connectivity index (χ1n) is 9.52. The minimum absolute atomic E-state index is 0.169. The topological polar surface area (TPSA) is 23.6 Å². The Morgan fingerprint density at radius 2 is 1.46 bits per heavy atom. The van der Waals surface area contributed by atoms with Crippen LogP contribution in [-0.2, 0) is 0 Å². The fourth-order valence-electron chi connectivity index (χ4n) is 3.91. The van der Waals surface area contributed by atoms with Gasteiger partial charge in [0.15, 0.2) is 0 Å². The molecule has 2 aliphatic rings. The van der Waals surface area contributed by atoms with Crippen molar-refractivity contribution in [3.8, 4) is 11.1 Å². The van der Waals surface area contributed by atoms with Crippen molar-refractivity contribution in [2.24, 2.45) is 0 Å². The Hall–Kier alpha value is -1.78. The molecule has 2 fully saturated rings. The Morgan fingerprint density at radius 1 is 0.885 bits per heavy atom. The predicted molar refractivity (Wildman–Crippen MR) is 109 cm³/mol. The summed E-state index contributed by atoms with van der Waals surface area (Å²) in [6.07, 6.45) is 6.06. The van der Waals surface area contributed by atoms with Gasteiger partial charge >= 0.3 is 0 Å². The summed E-state index contributed by atoms with van der Waals surface area (Å²) in [7, 11) is 0. The highest BCUT2D eigenvalue weighted by Gasteiger charge is 2.35. The van der Waals surface area contributed by atoms with Crippen molar-refractivity contribution >= 4 is 17.7 Å². The molecule has 2 saturated heterocycles. The smallest absolute Gasteiger partial charge is 0.253 e. The lowest BCUT2D eigenvalue weighted by Gasteiger charge is -2.46. The minimum Gasteiger partial charge on any atom is -0.335 e. The maximum Gasteiger partial charge on any atom is 0.253 e. The van der Waals surface area contributed by atoms with Crippen molar-refractivity contribution in [1.82, 2.24) is 9.80 Å². The summed E-state index contributed by atoms with van der Waals surface area (Å²) in [5, 5.41) is 0. The van der Waals surface area contributed by atoms with Gasteiger partial charge in [0.05, 0.1) is 0 Å². The summed E-state index contributed by atoms with van der Waals surface area (Å²) in [5.41, 5.74) is 3.14. The Labute approximate surface area is 160 Å². The number of carbonyl (C=O) groups excluding carboxylic acids is 1. The highest BCUT2D eigenvalue weighted by Crippen LogP contribution is 2.25. The van der Waals surface area contributed by atoms with Crippen molar-refractivity contribution < 1.29 is 4.79 Å². The minimum atomic E-state index is 0.169. The van der Waals surface area contributed by atoms with Gasteiger partial charge < -0.3 is 4.90 Å². The van der Waals surface area contributed by atoms with Crippen LogP contribution in [0.25, 0.3) is 11.1 Å². The SMILES string of the molecule is CSc1ccc(-c2ccc(C(=O)N3CC(N4CCCCC4)C3)cc2)cc1. The third-order valence-electron chi connectivity index (χ3n) is 5.61. The molecule has 0 bridgehead atoms. The van der Waals surface area contributed by atoms with Gasteiger partial charge in [-0.3, -0.25) is 9.69 Å². The average Bonchev–Trinajstić information content (AvgIpc) is 2.68. The van der Waals surface area contributed by atoms with Gasteiger partial charge in [-0.2, -0.15) is 0 Å². The van der Waals surface area contributed by atoms with Crippen LogP contribution in [0, 0.1) is 0 Å². The molecule has 26 heavy (non-hydrogen) atoms. The molecule has 0 radical (unpaired) electrons. The highest BCUT2D eigenvalue weighted by molar-refractivity contribution is 7.98. The van der Waals surface area contributed by atoms with Crippen LogP contribution in [0.15, 0.2) is 53.4 Å². The zero-order chi connectivity index (χ0) is 17.9. The van der Waals surface area contributed by atoms with E-state index in [0.717, 1.165) is 24.2 Å². The number of hydrogen-bond donors (Lipinski definition) is 0. The van der Waals surface area contributed by atoms with Crippen LogP contribution in [-0.4, -0.2) is 54.2 Å². The maximum absolute atomic E-state index is 12.7. The van der Waals surface area contributed by atoms with Crippen LogP contribution in [0.1, 0.15) is 29.6 Å². The number of rotatable bonds is 4. The molecule has 2 aliphatic heterocycles. The van der Waals surface area contributed by atoms with E-state index in [2.05, 4.69) is 47.6 Å². The van der Waals surface area contributed by atoms with Crippen molar-refractivity contribution in [3.63, 3.8) is 0 Å². The number of nitrogens with zero attached hydrogens (tertiary/aromatic N) is 2. The molecule has 3 nitrogen and oxygen atoms in total. The maximum atomic E-state index is 12.7. The number of likely N-dealkylation sites (tertiary alicyclic amines) is 2. The van der Waals surface area contributed by atoms with Crippen LogP contribution in [0.4, 0.5) is 0 Å².